The zero-order valence-corrected chi connectivity index (χ0v) is 19.6. The Morgan fingerprint density at radius 2 is 1.72 bits per heavy atom. The highest BCUT2D eigenvalue weighted by molar-refractivity contribution is 7.12. The Morgan fingerprint density at radius 1 is 1.00 bits per heavy atom. The molecular formula is C24H32N4O3S. The maximum atomic E-state index is 13.3. The van der Waals surface area contributed by atoms with Crippen LogP contribution in [0.1, 0.15) is 35.5 Å². The van der Waals surface area contributed by atoms with Crippen LogP contribution in [0.5, 0.6) is 0 Å². The van der Waals surface area contributed by atoms with E-state index in [1.165, 1.54) is 11.3 Å². The number of carbonyl (C=O) groups is 3. The average molecular weight is 457 g/mol. The van der Waals surface area contributed by atoms with Crippen molar-refractivity contribution >= 4 is 29.1 Å². The Kier molecular flexibility index (Phi) is 8.81. The van der Waals surface area contributed by atoms with Gasteiger partial charge in [0.25, 0.3) is 5.91 Å². The summed E-state index contributed by atoms with van der Waals surface area (Å²) in [6, 6.07) is 12.8. The molecule has 1 aliphatic rings. The summed E-state index contributed by atoms with van der Waals surface area (Å²) >= 11 is 1.36. The van der Waals surface area contributed by atoms with Crippen molar-refractivity contribution < 1.29 is 14.4 Å². The van der Waals surface area contributed by atoms with Gasteiger partial charge in [-0.25, -0.2) is 0 Å². The van der Waals surface area contributed by atoms with Crippen LogP contribution >= 0.6 is 11.3 Å². The summed E-state index contributed by atoms with van der Waals surface area (Å²) in [5.74, 6) is -0.290. The highest BCUT2D eigenvalue weighted by Crippen LogP contribution is 2.12. The van der Waals surface area contributed by atoms with Crippen LogP contribution in [0, 0.1) is 0 Å². The Labute approximate surface area is 193 Å². The van der Waals surface area contributed by atoms with Crippen molar-refractivity contribution in [2.45, 2.75) is 38.8 Å². The minimum Gasteiger partial charge on any atom is -0.353 e. The number of nitrogens with one attached hydrogen (secondary N) is 2. The number of nitrogens with zero attached hydrogens (tertiary/aromatic N) is 2. The Morgan fingerprint density at radius 3 is 2.34 bits per heavy atom. The summed E-state index contributed by atoms with van der Waals surface area (Å²) < 4.78 is 0. The van der Waals surface area contributed by atoms with Gasteiger partial charge in [-0.05, 0) is 30.4 Å². The smallest absolute Gasteiger partial charge is 0.262 e. The lowest BCUT2D eigenvalue weighted by Crippen LogP contribution is -2.56. The van der Waals surface area contributed by atoms with Gasteiger partial charge in [0.15, 0.2) is 0 Å². The van der Waals surface area contributed by atoms with Crippen LogP contribution in [0.25, 0.3) is 0 Å². The topological polar surface area (TPSA) is 81.8 Å². The van der Waals surface area contributed by atoms with E-state index < -0.39 is 6.04 Å². The molecule has 3 rings (SSSR count). The molecule has 1 saturated heterocycles. The van der Waals surface area contributed by atoms with Gasteiger partial charge in [-0.3, -0.25) is 19.3 Å². The first-order valence-electron chi connectivity index (χ1n) is 11.1. The van der Waals surface area contributed by atoms with Crippen molar-refractivity contribution in [3.8, 4) is 0 Å². The Bertz CT molecular complexity index is 880. The molecule has 172 valence electrons. The zero-order valence-electron chi connectivity index (χ0n) is 18.8. The monoisotopic (exact) mass is 456 g/mol. The normalized spacial score (nSPS) is 16.2. The van der Waals surface area contributed by atoms with Gasteiger partial charge in [0.1, 0.15) is 6.04 Å². The number of carbonyl (C=O) groups excluding carboxylic acids is 3. The summed E-state index contributed by atoms with van der Waals surface area (Å²) in [5.41, 5.74) is 0.998. The van der Waals surface area contributed by atoms with Crippen LogP contribution in [0.3, 0.4) is 0 Å². The van der Waals surface area contributed by atoms with Gasteiger partial charge >= 0.3 is 0 Å². The Balaban J connectivity index is 1.59. The van der Waals surface area contributed by atoms with E-state index in [9.17, 15) is 14.4 Å². The van der Waals surface area contributed by atoms with Gasteiger partial charge in [-0.2, -0.15) is 0 Å². The molecule has 3 amide bonds. The van der Waals surface area contributed by atoms with Crippen molar-refractivity contribution in [2.24, 2.45) is 0 Å². The summed E-state index contributed by atoms with van der Waals surface area (Å²) in [7, 11) is 0. The summed E-state index contributed by atoms with van der Waals surface area (Å²) in [6.45, 7) is 6.72. The molecule has 2 aromatic rings. The van der Waals surface area contributed by atoms with Crippen molar-refractivity contribution in [1.29, 1.82) is 0 Å². The maximum Gasteiger partial charge on any atom is 0.262 e. The largest absolute Gasteiger partial charge is 0.353 e. The standard InChI is InChI=1S/C24H32N4O3S/c1-3-18(2)25-22(29)17-27-11-13-28(14-12-27)24(31)20(16-19-8-5-4-6-9-19)26-23(30)21-10-7-15-32-21/h4-10,15,18,20H,3,11-14,16-17H2,1-2H3,(H,25,29)(H,26,30). The molecule has 2 heterocycles. The van der Waals surface area contributed by atoms with Crippen LogP contribution in [0.4, 0.5) is 0 Å². The van der Waals surface area contributed by atoms with E-state index >= 15 is 0 Å². The van der Waals surface area contributed by atoms with Crippen molar-refractivity contribution in [3.63, 3.8) is 0 Å². The molecule has 2 atom stereocenters. The van der Waals surface area contributed by atoms with Crippen molar-refractivity contribution in [3.05, 3.63) is 58.3 Å². The molecular weight excluding hydrogens is 424 g/mol. The number of benzene rings is 1. The fraction of sp³-hybridized carbons (Fsp3) is 0.458. The molecule has 1 aromatic carbocycles. The highest BCUT2D eigenvalue weighted by atomic mass is 32.1. The van der Waals surface area contributed by atoms with Crippen LogP contribution in [-0.2, 0) is 16.0 Å². The lowest BCUT2D eigenvalue weighted by Gasteiger charge is -2.36. The van der Waals surface area contributed by atoms with Gasteiger partial charge in [0, 0.05) is 38.6 Å². The predicted molar refractivity (Wildman–Crippen MR) is 127 cm³/mol. The first-order valence-corrected chi connectivity index (χ1v) is 12.0. The minimum absolute atomic E-state index is 0.0179. The Hall–Kier alpha value is -2.71. The fourth-order valence-electron chi connectivity index (χ4n) is 3.66. The SMILES string of the molecule is CCC(C)NC(=O)CN1CCN(C(=O)C(Cc2ccccc2)NC(=O)c2cccs2)CC1. The van der Waals surface area contributed by atoms with E-state index in [1.807, 2.05) is 55.6 Å². The second-order valence-corrected chi connectivity index (χ2v) is 9.12. The van der Waals surface area contributed by atoms with Crippen LogP contribution in [0.2, 0.25) is 0 Å². The number of amides is 3. The molecule has 1 aromatic heterocycles. The van der Waals surface area contributed by atoms with Crippen molar-refractivity contribution in [1.82, 2.24) is 20.4 Å². The maximum absolute atomic E-state index is 13.3. The molecule has 0 radical (unpaired) electrons. The van der Waals surface area contributed by atoms with E-state index in [1.54, 1.807) is 11.0 Å². The number of hydrogen-bond acceptors (Lipinski definition) is 5. The van der Waals surface area contributed by atoms with Gasteiger partial charge in [-0.1, -0.05) is 43.3 Å². The number of thiophene rings is 1. The van der Waals surface area contributed by atoms with Crippen LogP contribution in [0.15, 0.2) is 47.8 Å². The summed E-state index contributed by atoms with van der Waals surface area (Å²) in [4.78, 5) is 42.6. The van der Waals surface area contributed by atoms with Crippen LogP contribution < -0.4 is 10.6 Å². The van der Waals surface area contributed by atoms with E-state index in [2.05, 4.69) is 15.5 Å². The quantitative estimate of drug-likeness (QED) is 0.606. The fourth-order valence-corrected chi connectivity index (χ4v) is 4.29. The summed E-state index contributed by atoms with van der Waals surface area (Å²) in [6.07, 6.45) is 1.34. The van der Waals surface area contributed by atoms with Gasteiger partial charge in [-0.15, -0.1) is 11.3 Å². The number of piperazine rings is 1. The molecule has 1 fully saturated rings. The molecule has 8 heteroatoms. The molecule has 2 N–H and O–H groups in total. The molecule has 7 nitrogen and oxygen atoms in total. The van der Waals surface area contributed by atoms with Crippen molar-refractivity contribution in [2.75, 3.05) is 32.7 Å². The third-order valence-electron chi connectivity index (χ3n) is 5.70. The van der Waals surface area contributed by atoms with E-state index in [0.29, 0.717) is 44.0 Å². The second-order valence-electron chi connectivity index (χ2n) is 8.17. The zero-order chi connectivity index (χ0) is 22.9. The lowest BCUT2D eigenvalue weighted by atomic mass is 10.0. The number of rotatable bonds is 9. The second kappa shape index (κ2) is 11.8. The van der Waals surface area contributed by atoms with E-state index in [4.69, 9.17) is 0 Å². The summed E-state index contributed by atoms with van der Waals surface area (Å²) in [5, 5.41) is 7.77. The molecule has 0 spiro atoms. The van der Waals surface area contributed by atoms with Gasteiger partial charge in [0.05, 0.1) is 11.4 Å². The van der Waals surface area contributed by atoms with E-state index in [-0.39, 0.29) is 23.8 Å². The third kappa shape index (κ3) is 6.90. The molecule has 1 aliphatic heterocycles. The number of hydrogen-bond donors (Lipinski definition) is 2. The first kappa shape index (κ1) is 23.9. The predicted octanol–water partition coefficient (Wildman–Crippen LogP) is 2.15. The third-order valence-corrected chi connectivity index (χ3v) is 6.57. The molecule has 32 heavy (non-hydrogen) atoms. The van der Waals surface area contributed by atoms with Gasteiger partial charge < -0.3 is 15.5 Å². The first-order chi connectivity index (χ1) is 15.5. The highest BCUT2D eigenvalue weighted by Gasteiger charge is 2.29. The molecule has 0 aliphatic carbocycles. The lowest BCUT2D eigenvalue weighted by molar-refractivity contribution is -0.135. The molecule has 2 unspecified atom stereocenters. The van der Waals surface area contributed by atoms with Gasteiger partial charge in [0.2, 0.25) is 11.8 Å². The molecule has 0 saturated carbocycles. The minimum atomic E-state index is -0.632. The average Bonchev–Trinajstić information content (AvgIpc) is 3.34. The molecule has 0 bridgehead atoms. The van der Waals surface area contributed by atoms with E-state index in [0.717, 1.165) is 12.0 Å². The van der Waals surface area contributed by atoms with Crippen LogP contribution in [-0.4, -0.2) is 72.3 Å².